The Morgan fingerprint density at radius 3 is 1.97 bits per heavy atom. The molecule has 3 aliphatic rings. The first-order chi connectivity index (χ1) is 13.7. The highest BCUT2D eigenvalue weighted by Gasteiger charge is 2.63. The van der Waals surface area contributed by atoms with Crippen LogP contribution in [0.5, 0.6) is 0 Å². The van der Waals surface area contributed by atoms with E-state index < -0.39 is 14.6 Å². The third-order valence-corrected chi connectivity index (χ3v) is 10.1. The summed E-state index contributed by atoms with van der Waals surface area (Å²) in [6.45, 7) is 0.600. The van der Waals surface area contributed by atoms with Gasteiger partial charge in [0.15, 0.2) is 9.84 Å². The Kier molecular flexibility index (Phi) is 5.95. The summed E-state index contributed by atoms with van der Waals surface area (Å²) in [5, 5.41) is 3.86. The molecule has 4 nitrogen and oxygen atoms in total. The van der Waals surface area contributed by atoms with Gasteiger partial charge in [-0.15, -0.1) is 0 Å². The molecule has 0 heterocycles. The fourth-order valence-corrected chi connectivity index (χ4v) is 8.82. The average molecular weight is 458 g/mol. The van der Waals surface area contributed by atoms with Gasteiger partial charge in [0.1, 0.15) is 0 Å². The second kappa shape index (κ2) is 8.05. The molecule has 0 unspecified atom stereocenters. The van der Waals surface area contributed by atoms with E-state index in [0.29, 0.717) is 39.9 Å². The van der Waals surface area contributed by atoms with Crippen molar-refractivity contribution in [3.63, 3.8) is 0 Å². The fraction of sp³-hybridized carbons (Fsp3) is 0.682. The van der Waals surface area contributed by atoms with Crippen molar-refractivity contribution in [2.75, 3.05) is 12.8 Å². The monoisotopic (exact) mass is 457 g/mol. The van der Waals surface area contributed by atoms with Crippen LogP contribution in [-0.4, -0.2) is 31.9 Å². The van der Waals surface area contributed by atoms with Crippen LogP contribution in [0.2, 0.25) is 10.0 Å². The third-order valence-electron chi connectivity index (χ3n) is 7.28. The molecule has 0 radical (unpaired) electrons. The van der Waals surface area contributed by atoms with E-state index in [1.54, 1.807) is 18.2 Å². The van der Waals surface area contributed by atoms with E-state index in [-0.39, 0.29) is 11.8 Å². The lowest BCUT2D eigenvalue weighted by molar-refractivity contribution is 0.0938. The summed E-state index contributed by atoms with van der Waals surface area (Å²) in [7, 11) is -3.08. The van der Waals surface area contributed by atoms with Gasteiger partial charge < -0.3 is 5.32 Å². The number of nitrogens with one attached hydrogen (secondary N) is 1. The van der Waals surface area contributed by atoms with Crippen LogP contribution in [0, 0.1) is 23.7 Å². The standard InChI is InChI=1S/C22H29Cl2NO3S/c1-29(27,28)22(16-6-7-16,17-8-9-17)15-4-2-14(3-5-15)13-25-21(26)19-11-10-18(23)12-20(19)24/h10-12,14-17H,2-9,13H2,1H3,(H,25,26). The zero-order valence-corrected chi connectivity index (χ0v) is 19.1. The van der Waals surface area contributed by atoms with E-state index in [2.05, 4.69) is 5.32 Å². The van der Waals surface area contributed by atoms with Crippen LogP contribution in [0.1, 0.15) is 61.7 Å². The number of carbonyl (C=O) groups excluding carboxylic acids is 1. The number of carbonyl (C=O) groups is 1. The Bertz CT molecular complexity index is 873. The molecule has 1 N–H and O–H groups in total. The van der Waals surface area contributed by atoms with E-state index in [9.17, 15) is 13.2 Å². The van der Waals surface area contributed by atoms with Crippen molar-refractivity contribution in [1.29, 1.82) is 0 Å². The molecule has 29 heavy (non-hydrogen) atoms. The lowest BCUT2D eigenvalue weighted by Gasteiger charge is -2.43. The van der Waals surface area contributed by atoms with Crippen LogP contribution in [0.15, 0.2) is 18.2 Å². The minimum absolute atomic E-state index is 0.185. The summed E-state index contributed by atoms with van der Waals surface area (Å²) in [5.41, 5.74) is 0.434. The second-order valence-corrected chi connectivity index (χ2v) is 12.3. The van der Waals surface area contributed by atoms with E-state index in [0.717, 1.165) is 51.4 Å². The van der Waals surface area contributed by atoms with Crippen molar-refractivity contribution in [3.05, 3.63) is 33.8 Å². The summed E-state index contributed by atoms with van der Waals surface area (Å²) < 4.78 is 25.4. The van der Waals surface area contributed by atoms with Gasteiger partial charge in [-0.05, 0) is 93.2 Å². The van der Waals surface area contributed by atoms with Gasteiger partial charge in [-0.1, -0.05) is 23.2 Å². The van der Waals surface area contributed by atoms with Crippen LogP contribution in [-0.2, 0) is 9.84 Å². The molecule has 1 amide bonds. The van der Waals surface area contributed by atoms with Gasteiger partial charge >= 0.3 is 0 Å². The quantitative estimate of drug-likeness (QED) is 0.616. The number of halogens is 2. The molecule has 0 aromatic heterocycles. The van der Waals surface area contributed by atoms with Crippen molar-refractivity contribution in [2.45, 2.75) is 56.1 Å². The maximum Gasteiger partial charge on any atom is 0.252 e. The van der Waals surface area contributed by atoms with Crippen LogP contribution < -0.4 is 5.32 Å². The Morgan fingerprint density at radius 2 is 1.52 bits per heavy atom. The lowest BCUT2D eigenvalue weighted by Crippen LogP contribution is -2.51. The Hall–Kier alpha value is -0.780. The van der Waals surface area contributed by atoms with E-state index >= 15 is 0 Å². The first kappa shape index (κ1) is 21.5. The predicted octanol–water partition coefficient (Wildman–Crippen LogP) is 5.13. The molecule has 160 valence electrons. The van der Waals surface area contributed by atoms with Crippen molar-refractivity contribution in [1.82, 2.24) is 5.32 Å². The maximum atomic E-state index is 12.9. The molecule has 0 atom stereocenters. The molecular formula is C22H29Cl2NO3S. The van der Waals surface area contributed by atoms with E-state index in [1.165, 1.54) is 6.26 Å². The Balaban J connectivity index is 1.36. The maximum absolute atomic E-state index is 12.9. The predicted molar refractivity (Wildman–Crippen MR) is 117 cm³/mol. The molecule has 0 spiro atoms. The summed E-state index contributed by atoms with van der Waals surface area (Å²) in [6, 6.07) is 4.88. The molecule has 0 bridgehead atoms. The number of benzene rings is 1. The van der Waals surface area contributed by atoms with Crippen molar-refractivity contribution >= 4 is 38.9 Å². The number of amides is 1. The van der Waals surface area contributed by atoms with Crippen LogP contribution in [0.25, 0.3) is 0 Å². The van der Waals surface area contributed by atoms with Crippen LogP contribution in [0.3, 0.4) is 0 Å². The van der Waals surface area contributed by atoms with Gasteiger partial charge in [-0.3, -0.25) is 4.79 Å². The highest BCUT2D eigenvalue weighted by molar-refractivity contribution is 7.92. The minimum Gasteiger partial charge on any atom is -0.352 e. The first-order valence-electron chi connectivity index (χ1n) is 10.7. The summed E-state index contributed by atoms with van der Waals surface area (Å²) in [6.07, 6.45) is 9.59. The van der Waals surface area contributed by atoms with Crippen molar-refractivity contribution < 1.29 is 13.2 Å². The Morgan fingerprint density at radius 1 is 1.00 bits per heavy atom. The summed E-state index contributed by atoms with van der Waals surface area (Å²) in [4.78, 5) is 12.5. The number of hydrogen-bond acceptors (Lipinski definition) is 3. The van der Waals surface area contributed by atoms with Gasteiger partial charge in [0.25, 0.3) is 5.91 Å². The van der Waals surface area contributed by atoms with Crippen LogP contribution in [0.4, 0.5) is 0 Å². The molecule has 3 saturated carbocycles. The average Bonchev–Trinajstić information content (AvgIpc) is 3.54. The molecule has 3 fully saturated rings. The number of sulfone groups is 1. The summed E-state index contributed by atoms with van der Waals surface area (Å²) >= 11 is 12.0. The largest absolute Gasteiger partial charge is 0.352 e. The lowest BCUT2D eigenvalue weighted by atomic mass is 9.71. The molecule has 0 saturated heterocycles. The van der Waals surface area contributed by atoms with Gasteiger partial charge in [0.2, 0.25) is 0 Å². The molecule has 4 rings (SSSR count). The van der Waals surface area contributed by atoms with Gasteiger partial charge in [0, 0.05) is 17.8 Å². The molecule has 7 heteroatoms. The summed E-state index contributed by atoms with van der Waals surface area (Å²) in [5.74, 6) is 1.22. The minimum atomic E-state index is -3.08. The highest BCUT2D eigenvalue weighted by atomic mass is 35.5. The SMILES string of the molecule is CS(=O)(=O)C(C1CCC(CNC(=O)c2ccc(Cl)cc2Cl)CC1)(C1CC1)C1CC1. The first-order valence-corrected chi connectivity index (χ1v) is 13.3. The number of hydrogen-bond donors (Lipinski definition) is 1. The molecular weight excluding hydrogens is 429 g/mol. The topological polar surface area (TPSA) is 63.2 Å². The van der Waals surface area contributed by atoms with Crippen LogP contribution >= 0.6 is 23.2 Å². The third kappa shape index (κ3) is 4.20. The van der Waals surface area contributed by atoms with Gasteiger partial charge in [0.05, 0.1) is 15.3 Å². The zero-order chi connectivity index (χ0) is 20.8. The van der Waals surface area contributed by atoms with E-state index in [4.69, 9.17) is 23.2 Å². The molecule has 1 aromatic carbocycles. The molecule has 1 aromatic rings. The van der Waals surface area contributed by atoms with Gasteiger partial charge in [-0.25, -0.2) is 8.42 Å². The van der Waals surface area contributed by atoms with E-state index in [1.807, 2.05) is 0 Å². The fourth-order valence-electron chi connectivity index (χ4n) is 5.80. The Labute approximate surface area is 183 Å². The highest BCUT2D eigenvalue weighted by Crippen LogP contribution is 2.61. The molecule has 3 aliphatic carbocycles. The van der Waals surface area contributed by atoms with Gasteiger partial charge in [-0.2, -0.15) is 0 Å². The molecule has 0 aliphatic heterocycles. The normalized spacial score (nSPS) is 25.6. The zero-order valence-electron chi connectivity index (χ0n) is 16.8. The second-order valence-electron chi connectivity index (χ2n) is 9.23. The smallest absolute Gasteiger partial charge is 0.252 e. The van der Waals surface area contributed by atoms with Crippen molar-refractivity contribution in [2.24, 2.45) is 23.7 Å². The number of rotatable bonds is 7. The van der Waals surface area contributed by atoms with Crippen molar-refractivity contribution in [3.8, 4) is 0 Å².